The fourth-order valence-corrected chi connectivity index (χ4v) is 1.85. The number of aliphatic hydroxyl groups is 1. The van der Waals surface area contributed by atoms with Gasteiger partial charge in [0.25, 0.3) is 5.91 Å². The zero-order chi connectivity index (χ0) is 15.7. The summed E-state index contributed by atoms with van der Waals surface area (Å²) in [6, 6.07) is 5.28. The van der Waals surface area contributed by atoms with Crippen LogP contribution >= 0.6 is 0 Å². The predicted octanol–water partition coefficient (Wildman–Crippen LogP) is 2.35. The van der Waals surface area contributed by atoms with E-state index < -0.39 is 6.10 Å². The molecule has 3 N–H and O–H groups in total. The number of hydrogen-bond donors (Lipinski definition) is 2. The van der Waals surface area contributed by atoms with E-state index >= 15 is 0 Å². The standard InChI is InChI=1S/C11H14N2O3.2C2H6/c1-13-9-3-2-7(12)6-8(9)10(11(13)15)16-5-4-14;2*1-2/h2-3,6,10,14H,4-5,12H2,1H3;2*1-2H3. The van der Waals surface area contributed by atoms with E-state index in [0.717, 1.165) is 11.3 Å². The number of anilines is 2. The molecular weight excluding hydrogens is 256 g/mol. The molecule has 1 aromatic carbocycles. The molecule has 0 radical (unpaired) electrons. The summed E-state index contributed by atoms with van der Waals surface area (Å²) in [5.41, 5.74) is 7.85. The topological polar surface area (TPSA) is 75.8 Å². The minimum absolute atomic E-state index is 0.106. The second-order valence-electron chi connectivity index (χ2n) is 3.69. The van der Waals surface area contributed by atoms with Crippen LogP contribution in [0.5, 0.6) is 0 Å². The molecule has 0 saturated heterocycles. The number of likely N-dealkylation sites (N-methyl/N-ethyl adjacent to an activating group) is 1. The van der Waals surface area contributed by atoms with Crippen molar-refractivity contribution in [3.05, 3.63) is 23.8 Å². The van der Waals surface area contributed by atoms with Gasteiger partial charge in [0.2, 0.25) is 0 Å². The van der Waals surface area contributed by atoms with E-state index in [1.165, 1.54) is 4.90 Å². The maximum Gasteiger partial charge on any atom is 0.260 e. The Morgan fingerprint density at radius 1 is 1.30 bits per heavy atom. The minimum Gasteiger partial charge on any atom is -0.399 e. The van der Waals surface area contributed by atoms with Gasteiger partial charge in [0.1, 0.15) is 0 Å². The monoisotopic (exact) mass is 282 g/mol. The van der Waals surface area contributed by atoms with Gasteiger partial charge in [-0.25, -0.2) is 0 Å². The van der Waals surface area contributed by atoms with Crippen molar-refractivity contribution in [2.24, 2.45) is 0 Å². The summed E-state index contributed by atoms with van der Waals surface area (Å²) in [6.45, 7) is 8.03. The van der Waals surface area contributed by atoms with Gasteiger partial charge in [-0.05, 0) is 18.2 Å². The van der Waals surface area contributed by atoms with Crippen LogP contribution in [-0.2, 0) is 9.53 Å². The van der Waals surface area contributed by atoms with Gasteiger partial charge in [0.15, 0.2) is 6.10 Å². The molecule has 0 bridgehead atoms. The molecule has 0 fully saturated rings. The lowest BCUT2D eigenvalue weighted by atomic mass is 10.1. The van der Waals surface area contributed by atoms with Crippen LogP contribution in [0.15, 0.2) is 18.2 Å². The van der Waals surface area contributed by atoms with E-state index in [1.54, 1.807) is 25.2 Å². The third-order valence-corrected chi connectivity index (χ3v) is 2.63. The van der Waals surface area contributed by atoms with Gasteiger partial charge in [-0.3, -0.25) is 4.79 Å². The molecule has 0 aromatic heterocycles. The summed E-state index contributed by atoms with van der Waals surface area (Å²) in [5.74, 6) is -0.131. The SMILES string of the molecule is CC.CC.CN1C(=O)C(OCCO)c2cc(N)ccc21. The predicted molar refractivity (Wildman–Crippen MR) is 82.7 cm³/mol. The highest BCUT2D eigenvalue weighted by molar-refractivity contribution is 6.03. The zero-order valence-electron chi connectivity index (χ0n) is 13.0. The Labute approximate surface area is 121 Å². The van der Waals surface area contributed by atoms with E-state index in [4.69, 9.17) is 15.6 Å². The van der Waals surface area contributed by atoms with Gasteiger partial charge >= 0.3 is 0 Å². The molecule has 0 saturated carbocycles. The summed E-state index contributed by atoms with van der Waals surface area (Å²) >= 11 is 0. The number of nitrogen functional groups attached to an aromatic ring is 1. The van der Waals surface area contributed by atoms with Gasteiger partial charge in [0, 0.05) is 24.0 Å². The Hall–Kier alpha value is -1.59. The fraction of sp³-hybridized carbons (Fsp3) is 0.533. The molecule has 1 aliphatic rings. The first-order chi connectivity index (χ1) is 9.65. The Morgan fingerprint density at radius 3 is 2.45 bits per heavy atom. The molecule has 0 aliphatic carbocycles. The lowest BCUT2D eigenvalue weighted by Gasteiger charge is -2.11. The molecule has 1 heterocycles. The number of nitrogens with two attached hydrogens (primary N) is 1. The first-order valence-electron chi connectivity index (χ1n) is 7.04. The molecule has 20 heavy (non-hydrogen) atoms. The quantitative estimate of drug-likeness (QED) is 0.834. The second-order valence-corrected chi connectivity index (χ2v) is 3.69. The highest BCUT2D eigenvalue weighted by atomic mass is 16.5. The molecule has 5 heteroatoms. The maximum absolute atomic E-state index is 11.9. The van der Waals surface area contributed by atoms with Gasteiger partial charge in [0.05, 0.1) is 13.2 Å². The number of nitrogens with zero attached hydrogens (tertiary/aromatic N) is 1. The van der Waals surface area contributed by atoms with Crippen LogP contribution in [0.25, 0.3) is 0 Å². The normalized spacial score (nSPS) is 15.8. The van der Waals surface area contributed by atoms with Crippen LogP contribution < -0.4 is 10.6 Å². The molecule has 1 amide bonds. The molecule has 1 unspecified atom stereocenters. The average molecular weight is 282 g/mol. The van der Waals surface area contributed by atoms with Crippen LogP contribution in [0.2, 0.25) is 0 Å². The molecule has 1 atom stereocenters. The number of amides is 1. The summed E-state index contributed by atoms with van der Waals surface area (Å²) < 4.78 is 5.32. The summed E-state index contributed by atoms with van der Waals surface area (Å²) in [7, 11) is 1.69. The molecule has 2 rings (SSSR count). The average Bonchev–Trinajstić information content (AvgIpc) is 2.73. The summed E-state index contributed by atoms with van der Waals surface area (Å²) in [6.07, 6.45) is -0.643. The molecule has 1 aliphatic heterocycles. The molecule has 1 aromatic rings. The van der Waals surface area contributed by atoms with Crippen LogP contribution in [0.3, 0.4) is 0 Å². The van der Waals surface area contributed by atoms with Gasteiger partial charge in [-0.2, -0.15) is 0 Å². The van der Waals surface area contributed by atoms with Crippen molar-refractivity contribution >= 4 is 17.3 Å². The Bertz CT molecular complexity index is 422. The zero-order valence-corrected chi connectivity index (χ0v) is 13.0. The third-order valence-electron chi connectivity index (χ3n) is 2.63. The number of carbonyl (C=O) groups is 1. The Morgan fingerprint density at radius 2 is 1.90 bits per heavy atom. The third kappa shape index (κ3) is 3.95. The number of carbonyl (C=O) groups excluding carboxylic acids is 1. The largest absolute Gasteiger partial charge is 0.399 e. The highest BCUT2D eigenvalue weighted by Gasteiger charge is 2.35. The highest BCUT2D eigenvalue weighted by Crippen LogP contribution is 2.37. The summed E-state index contributed by atoms with van der Waals surface area (Å²) in [4.78, 5) is 13.4. The van der Waals surface area contributed by atoms with E-state index in [-0.39, 0.29) is 19.1 Å². The number of benzene rings is 1. The van der Waals surface area contributed by atoms with Crippen molar-refractivity contribution in [2.75, 3.05) is 30.9 Å². The van der Waals surface area contributed by atoms with Crippen molar-refractivity contribution in [2.45, 2.75) is 33.8 Å². The smallest absolute Gasteiger partial charge is 0.260 e. The van der Waals surface area contributed by atoms with Crippen LogP contribution in [0, 0.1) is 0 Å². The summed E-state index contributed by atoms with van der Waals surface area (Å²) in [5, 5.41) is 8.71. The lowest BCUT2D eigenvalue weighted by molar-refractivity contribution is -0.129. The molecule has 114 valence electrons. The Kier molecular flexibility index (Phi) is 8.59. The van der Waals surface area contributed by atoms with Crippen molar-refractivity contribution in [3.63, 3.8) is 0 Å². The first kappa shape index (κ1) is 18.4. The number of ether oxygens (including phenoxy) is 1. The molecule has 0 spiro atoms. The van der Waals surface area contributed by atoms with Crippen molar-refractivity contribution < 1.29 is 14.6 Å². The van der Waals surface area contributed by atoms with Crippen molar-refractivity contribution in [1.29, 1.82) is 0 Å². The minimum atomic E-state index is -0.643. The number of fused-ring (bicyclic) bond motifs is 1. The van der Waals surface area contributed by atoms with Crippen LogP contribution in [-0.4, -0.2) is 31.3 Å². The van der Waals surface area contributed by atoms with Crippen molar-refractivity contribution in [1.82, 2.24) is 0 Å². The first-order valence-corrected chi connectivity index (χ1v) is 7.04. The van der Waals surface area contributed by atoms with Crippen LogP contribution in [0.4, 0.5) is 11.4 Å². The van der Waals surface area contributed by atoms with E-state index in [1.807, 2.05) is 27.7 Å². The van der Waals surface area contributed by atoms with E-state index in [9.17, 15) is 4.79 Å². The second kappa shape index (κ2) is 9.34. The maximum atomic E-state index is 11.9. The lowest BCUT2D eigenvalue weighted by Crippen LogP contribution is -2.25. The fourth-order valence-electron chi connectivity index (χ4n) is 1.85. The van der Waals surface area contributed by atoms with Gasteiger partial charge < -0.3 is 20.5 Å². The number of aliphatic hydroxyl groups excluding tert-OH is 1. The van der Waals surface area contributed by atoms with Crippen LogP contribution in [0.1, 0.15) is 39.4 Å². The van der Waals surface area contributed by atoms with Gasteiger partial charge in [-0.1, -0.05) is 27.7 Å². The number of hydrogen-bond acceptors (Lipinski definition) is 4. The molecule has 5 nitrogen and oxygen atoms in total. The number of rotatable bonds is 3. The van der Waals surface area contributed by atoms with Crippen molar-refractivity contribution in [3.8, 4) is 0 Å². The van der Waals surface area contributed by atoms with E-state index in [2.05, 4.69) is 0 Å². The van der Waals surface area contributed by atoms with Gasteiger partial charge in [-0.15, -0.1) is 0 Å². The Balaban J connectivity index is 0.000000829. The molecular formula is C15H26N2O3. The van der Waals surface area contributed by atoms with E-state index in [0.29, 0.717) is 5.69 Å².